The highest BCUT2D eigenvalue weighted by Crippen LogP contribution is 2.34. The van der Waals surface area contributed by atoms with Gasteiger partial charge in [-0.3, -0.25) is 14.2 Å². The third kappa shape index (κ3) is 4.52. The van der Waals surface area contributed by atoms with Crippen molar-refractivity contribution in [2.45, 2.75) is 13.0 Å². The van der Waals surface area contributed by atoms with E-state index in [0.717, 1.165) is 0 Å². The molecule has 152 valence electrons. The highest BCUT2D eigenvalue weighted by molar-refractivity contribution is 5.77. The fraction of sp³-hybridized carbons (Fsp3) is 0.227. The summed E-state index contributed by atoms with van der Waals surface area (Å²) in [7, 11) is 0. The van der Waals surface area contributed by atoms with Crippen LogP contribution in [0.1, 0.15) is 6.42 Å². The van der Waals surface area contributed by atoms with Crippen LogP contribution < -0.4 is 25.1 Å². The van der Waals surface area contributed by atoms with Gasteiger partial charge in [-0.15, -0.1) is 0 Å². The van der Waals surface area contributed by atoms with Crippen LogP contribution in [0.5, 0.6) is 17.2 Å². The Morgan fingerprint density at radius 3 is 2.97 bits per heavy atom. The van der Waals surface area contributed by atoms with Gasteiger partial charge in [0.25, 0.3) is 5.56 Å². The number of nitrogens with one attached hydrogen (secondary N) is 1. The Bertz CT molecular complexity index is 1190. The first kappa shape index (κ1) is 19.3. The molecule has 0 saturated heterocycles. The topological polar surface area (TPSA) is 91.7 Å². The minimum absolute atomic E-state index is 0.158. The summed E-state index contributed by atoms with van der Waals surface area (Å²) in [4.78, 5) is 28.6. The summed E-state index contributed by atoms with van der Waals surface area (Å²) in [6.45, 7) is 0.856. The summed E-state index contributed by atoms with van der Waals surface area (Å²) in [5.41, 5.74) is 0.482. The van der Waals surface area contributed by atoms with Crippen LogP contribution in [0, 0.1) is 11.8 Å². The maximum atomic E-state index is 12.4. The van der Waals surface area contributed by atoms with Crippen molar-refractivity contribution in [2.75, 3.05) is 19.9 Å². The molecule has 0 atom stereocenters. The lowest BCUT2D eigenvalue weighted by atomic mass is 10.2. The first-order valence-corrected chi connectivity index (χ1v) is 9.40. The summed E-state index contributed by atoms with van der Waals surface area (Å²) in [6.07, 6.45) is 1.63. The number of fused-ring (bicyclic) bond motifs is 2. The number of carbonyl (C=O) groups excluding carboxylic acids is 1. The van der Waals surface area contributed by atoms with Gasteiger partial charge in [0, 0.05) is 19.0 Å². The second-order valence-electron chi connectivity index (χ2n) is 6.44. The van der Waals surface area contributed by atoms with Crippen LogP contribution in [0.25, 0.3) is 10.9 Å². The van der Waals surface area contributed by atoms with E-state index in [0.29, 0.717) is 28.2 Å². The summed E-state index contributed by atoms with van der Waals surface area (Å²) < 4.78 is 17.5. The number of hydrogen-bond donors (Lipinski definition) is 1. The molecular formula is C22H19N3O5. The van der Waals surface area contributed by atoms with Gasteiger partial charge in [-0.2, -0.15) is 0 Å². The predicted molar refractivity (Wildman–Crippen MR) is 109 cm³/mol. The summed E-state index contributed by atoms with van der Waals surface area (Å²) in [6, 6.07) is 12.4. The molecule has 0 fully saturated rings. The van der Waals surface area contributed by atoms with Crippen LogP contribution in [0.3, 0.4) is 0 Å². The zero-order valence-electron chi connectivity index (χ0n) is 16.1. The van der Waals surface area contributed by atoms with Crippen molar-refractivity contribution in [3.05, 3.63) is 59.1 Å². The Labute approximate surface area is 172 Å². The quantitative estimate of drug-likeness (QED) is 0.628. The molecule has 0 spiro atoms. The Morgan fingerprint density at radius 1 is 1.17 bits per heavy atom. The number of nitrogens with zero attached hydrogens (tertiary/aromatic N) is 2. The van der Waals surface area contributed by atoms with Gasteiger partial charge < -0.3 is 19.5 Å². The summed E-state index contributed by atoms with van der Waals surface area (Å²) in [5.74, 6) is 7.44. The van der Waals surface area contributed by atoms with Gasteiger partial charge in [-0.05, 0) is 24.3 Å². The average molecular weight is 405 g/mol. The van der Waals surface area contributed by atoms with Gasteiger partial charge >= 0.3 is 0 Å². The fourth-order valence-corrected chi connectivity index (χ4v) is 2.92. The molecule has 4 rings (SSSR count). The minimum atomic E-state index is -0.193. The first-order valence-electron chi connectivity index (χ1n) is 9.40. The SMILES string of the molecule is O=C(CCn1cnc2ccccc2c1=O)NCC#CCOc1ccc2c(c1)OCO2. The number of para-hydroxylation sites is 1. The normalized spacial score (nSPS) is 11.6. The first-order chi connectivity index (χ1) is 14.7. The van der Waals surface area contributed by atoms with Gasteiger partial charge in [-0.25, -0.2) is 4.98 Å². The van der Waals surface area contributed by atoms with E-state index < -0.39 is 0 Å². The second kappa shape index (κ2) is 9.01. The number of carbonyl (C=O) groups is 1. The zero-order chi connectivity index (χ0) is 20.8. The van der Waals surface area contributed by atoms with Gasteiger partial charge in [0.2, 0.25) is 12.7 Å². The van der Waals surface area contributed by atoms with Crippen LogP contribution >= 0.6 is 0 Å². The summed E-state index contributed by atoms with van der Waals surface area (Å²) >= 11 is 0. The smallest absolute Gasteiger partial charge is 0.261 e. The van der Waals surface area contributed by atoms with Crippen LogP contribution in [0.4, 0.5) is 0 Å². The number of ether oxygens (including phenoxy) is 3. The Morgan fingerprint density at radius 2 is 2.03 bits per heavy atom. The predicted octanol–water partition coefficient (Wildman–Crippen LogP) is 1.71. The number of benzene rings is 2. The van der Waals surface area contributed by atoms with Crippen LogP contribution in [0.15, 0.2) is 53.6 Å². The largest absolute Gasteiger partial charge is 0.481 e. The monoisotopic (exact) mass is 405 g/mol. The molecule has 8 nitrogen and oxygen atoms in total. The van der Waals surface area contributed by atoms with Gasteiger partial charge in [0.05, 0.1) is 23.8 Å². The molecular weight excluding hydrogens is 386 g/mol. The molecule has 3 aromatic rings. The Kier molecular flexibility index (Phi) is 5.80. The molecule has 1 aromatic heterocycles. The van der Waals surface area contributed by atoms with Crippen LogP contribution in [-0.2, 0) is 11.3 Å². The van der Waals surface area contributed by atoms with E-state index in [2.05, 4.69) is 22.1 Å². The number of amides is 1. The maximum absolute atomic E-state index is 12.4. The molecule has 0 radical (unpaired) electrons. The standard InChI is InChI=1S/C22H19N3O5/c26-21(9-11-25-14-24-18-6-2-1-5-17(18)22(25)27)23-10-3-4-12-28-16-7-8-19-20(13-16)30-15-29-19/h1-2,5-8,13-14H,9-12,15H2,(H,23,26). The third-order valence-electron chi connectivity index (χ3n) is 4.47. The Balaban J connectivity index is 1.20. The lowest BCUT2D eigenvalue weighted by molar-refractivity contribution is -0.121. The highest BCUT2D eigenvalue weighted by Gasteiger charge is 2.13. The third-order valence-corrected chi connectivity index (χ3v) is 4.47. The molecule has 0 saturated carbocycles. The number of aromatic nitrogens is 2. The zero-order valence-corrected chi connectivity index (χ0v) is 16.1. The number of rotatable bonds is 6. The molecule has 1 N–H and O–H groups in total. The minimum Gasteiger partial charge on any atom is -0.481 e. The molecule has 30 heavy (non-hydrogen) atoms. The lowest BCUT2D eigenvalue weighted by Crippen LogP contribution is -2.27. The van der Waals surface area contributed by atoms with Crippen molar-refractivity contribution in [2.24, 2.45) is 0 Å². The highest BCUT2D eigenvalue weighted by atomic mass is 16.7. The number of aryl methyl sites for hydroxylation is 1. The Hall–Kier alpha value is -3.99. The average Bonchev–Trinajstić information content (AvgIpc) is 3.24. The van der Waals surface area contributed by atoms with E-state index in [4.69, 9.17) is 14.2 Å². The fourth-order valence-electron chi connectivity index (χ4n) is 2.92. The molecule has 0 unspecified atom stereocenters. The van der Waals surface area contributed by atoms with Gasteiger partial charge in [0.15, 0.2) is 11.5 Å². The summed E-state index contributed by atoms with van der Waals surface area (Å²) in [5, 5.41) is 3.24. The van der Waals surface area contributed by atoms with Crippen molar-refractivity contribution in [1.29, 1.82) is 0 Å². The lowest BCUT2D eigenvalue weighted by Gasteiger charge is -2.06. The van der Waals surface area contributed by atoms with Crippen molar-refractivity contribution in [3.8, 4) is 29.1 Å². The number of hydrogen-bond acceptors (Lipinski definition) is 6. The van der Waals surface area contributed by atoms with Gasteiger partial charge in [0.1, 0.15) is 12.4 Å². The van der Waals surface area contributed by atoms with E-state index in [1.165, 1.54) is 10.9 Å². The van der Waals surface area contributed by atoms with Crippen molar-refractivity contribution in [1.82, 2.24) is 14.9 Å². The van der Waals surface area contributed by atoms with Gasteiger partial charge in [-0.1, -0.05) is 24.0 Å². The molecule has 2 aromatic carbocycles. The molecule has 1 amide bonds. The van der Waals surface area contributed by atoms with E-state index in [-0.39, 0.29) is 44.4 Å². The van der Waals surface area contributed by atoms with E-state index in [9.17, 15) is 9.59 Å². The van der Waals surface area contributed by atoms with Crippen LogP contribution in [-0.4, -0.2) is 35.4 Å². The molecule has 1 aliphatic heterocycles. The van der Waals surface area contributed by atoms with Crippen LogP contribution in [0.2, 0.25) is 0 Å². The van der Waals surface area contributed by atoms with Crippen molar-refractivity contribution in [3.63, 3.8) is 0 Å². The molecule has 0 aliphatic carbocycles. The van der Waals surface area contributed by atoms with Crippen molar-refractivity contribution >= 4 is 16.8 Å². The molecule has 1 aliphatic rings. The maximum Gasteiger partial charge on any atom is 0.261 e. The van der Waals surface area contributed by atoms with E-state index in [1.54, 1.807) is 36.4 Å². The van der Waals surface area contributed by atoms with E-state index in [1.807, 2.05) is 6.07 Å². The molecule has 2 heterocycles. The van der Waals surface area contributed by atoms with Crippen molar-refractivity contribution < 1.29 is 19.0 Å². The van der Waals surface area contributed by atoms with E-state index >= 15 is 0 Å². The molecule has 0 bridgehead atoms. The second-order valence-corrected chi connectivity index (χ2v) is 6.44. The molecule has 8 heteroatoms.